The highest BCUT2D eigenvalue weighted by Gasteiger charge is 2.17. The van der Waals surface area contributed by atoms with E-state index >= 15 is 0 Å². The standard InChI is InChI=1S/C13H7Cl2F3O/c14-7-4-5-10(15)9(6-7)8-2-1-3-11(16)12(8)19-13(17)18/h1-6,13H. The van der Waals surface area contributed by atoms with Gasteiger partial charge in [0.25, 0.3) is 0 Å². The summed E-state index contributed by atoms with van der Waals surface area (Å²) in [5.41, 5.74) is 0.442. The molecule has 0 aliphatic rings. The van der Waals surface area contributed by atoms with Gasteiger partial charge in [0.2, 0.25) is 0 Å². The van der Waals surface area contributed by atoms with Crippen molar-refractivity contribution in [3.8, 4) is 16.9 Å². The Morgan fingerprint density at radius 1 is 1.00 bits per heavy atom. The molecule has 0 heterocycles. The van der Waals surface area contributed by atoms with Crippen LogP contribution in [-0.2, 0) is 0 Å². The number of ether oxygens (including phenoxy) is 1. The van der Waals surface area contributed by atoms with Gasteiger partial charge in [-0.15, -0.1) is 0 Å². The summed E-state index contributed by atoms with van der Waals surface area (Å²) in [5, 5.41) is 0.612. The number of hydrogen-bond acceptors (Lipinski definition) is 1. The molecule has 2 aromatic rings. The Labute approximate surface area is 117 Å². The molecule has 19 heavy (non-hydrogen) atoms. The zero-order valence-electron chi connectivity index (χ0n) is 9.34. The fourth-order valence-electron chi connectivity index (χ4n) is 1.63. The van der Waals surface area contributed by atoms with E-state index in [0.29, 0.717) is 10.6 Å². The number of alkyl halides is 2. The Balaban J connectivity index is 2.61. The normalized spacial score (nSPS) is 10.8. The molecule has 0 N–H and O–H groups in total. The van der Waals surface area contributed by atoms with E-state index in [1.54, 1.807) is 6.07 Å². The maximum Gasteiger partial charge on any atom is 0.387 e. The van der Waals surface area contributed by atoms with Crippen molar-refractivity contribution >= 4 is 23.2 Å². The van der Waals surface area contributed by atoms with Crippen LogP contribution in [0.4, 0.5) is 13.2 Å². The van der Waals surface area contributed by atoms with Crippen LogP contribution in [0.25, 0.3) is 11.1 Å². The van der Waals surface area contributed by atoms with Crippen molar-refractivity contribution in [1.29, 1.82) is 0 Å². The van der Waals surface area contributed by atoms with Gasteiger partial charge in [-0.05, 0) is 24.3 Å². The maximum absolute atomic E-state index is 13.6. The first kappa shape index (κ1) is 14.0. The van der Waals surface area contributed by atoms with Crippen LogP contribution in [0.2, 0.25) is 10.0 Å². The third-order valence-electron chi connectivity index (χ3n) is 2.39. The van der Waals surface area contributed by atoms with Crippen LogP contribution >= 0.6 is 23.2 Å². The van der Waals surface area contributed by atoms with Crippen LogP contribution in [0.5, 0.6) is 5.75 Å². The predicted octanol–water partition coefficient (Wildman–Crippen LogP) is 5.40. The lowest BCUT2D eigenvalue weighted by Gasteiger charge is -2.13. The molecule has 100 valence electrons. The van der Waals surface area contributed by atoms with Gasteiger partial charge in [-0.1, -0.05) is 35.3 Å². The smallest absolute Gasteiger partial charge is 0.387 e. The fraction of sp³-hybridized carbons (Fsp3) is 0.0769. The van der Waals surface area contributed by atoms with Gasteiger partial charge in [0.05, 0.1) is 0 Å². The minimum absolute atomic E-state index is 0.118. The van der Waals surface area contributed by atoms with Gasteiger partial charge in [-0.3, -0.25) is 0 Å². The van der Waals surface area contributed by atoms with E-state index in [-0.39, 0.29) is 10.6 Å². The average Bonchev–Trinajstić information content (AvgIpc) is 2.34. The number of hydrogen-bond donors (Lipinski definition) is 0. The molecule has 0 atom stereocenters. The molecule has 0 aromatic heterocycles. The second-order valence-electron chi connectivity index (χ2n) is 3.62. The van der Waals surface area contributed by atoms with Crippen LogP contribution in [0.15, 0.2) is 36.4 Å². The third-order valence-corrected chi connectivity index (χ3v) is 2.96. The van der Waals surface area contributed by atoms with Gasteiger partial charge in [0.15, 0.2) is 11.6 Å². The first-order valence-electron chi connectivity index (χ1n) is 5.18. The molecule has 0 aliphatic heterocycles. The summed E-state index contributed by atoms with van der Waals surface area (Å²) >= 11 is 11.8. The predicted molar refractivity (Wildman–Crippen MR) is 68.5 cm³/mol. The van der Waals surface area contributed by atoms with Crippen molar-refractivity contribution in [2.24, 2.45) is 0 Å². The van der Waals surface area contributed by atoms with Crippen molar-refractivity contribution in [3.63, 3.8) is 0 Å². The molecule has 2 aromatic carbocycles. The molecule has 6 heteroatoms. The van der Waals surface area contributed by atoms with Gasteiger partial charge in [0.1, 0.15) is 0 Å². The van der Waals surface area contributed by atoms with Crippen molar-refractivity contribution < 1.29 is 17.9 Å². The van der Waals surface area contributed by atoms with Crippen LogP contribution < -0.4 is 4.74 Å². The number of para-hydroxylation sites is 1. The van der Waals surface area contributed by atoms with Gasteiger partial charge < -0.3 is 4.74 Å². The van der Waals surface area contributed by atoms with Crippen LogP contribution in [-0.4, -0.2) is 6.61 Å². The SMILES string of the molecule is Fc1cccc(-c2cc(Cl)ccc2Cl)c1OC(F)F. The molecule has 1 nitrogen and oxygen atoms in total. The Bertz CT molecular complexity index is 602. The minimum atomic E-state index is -3.13. The third kappa shape index (κ3) is 3.14. The summed E-state index contributed by atoms with van der Waals surface area (Å²) in [5.74, 6) is -1.45. The van der Waals surface area contributed by atoms with E-state index < -0.39 is 18.2 Å². The van der Waals surface area contributed by atoms with E-state index in [1.807, 2.05) is 0 Å². The van der Waals surface area contributed by atoms with Gasteiger partial charge in [0, 0.05) is 21.2 Å². The lowest BCUT2D eigenvalue weighted by atomic mass is 10.0. The summed E-state index contributed by atoms with van der Waals surface area (Å²) in [7, 11) is 0. The lowest BCUT2D eigenvalue weighted by molar-refractivity contribution is -0.0517. The van der Waals surface area contributed by atoms with E-state index in [9.17, 15) is 13.2 Å². The molecule has 0 fully saturated rings. The van der Waals surface area contributed by atoms with Gasteiger partial charge in [-0.2, -0.15) is 8.78 Å². The molecule has 0 saturated heterocycles. The monoisotopic (exact) mass is 306 g/mol. The van der Waals surface area contributed by atoms with Crippen LogP contribution in [0, 0.1) is 5.82 Å². The second kappa shape index (κ2) is 5.72. The van der Waals surface area contributed by atoms with Crippen molar-refractivity contribution in [3.05, 3.63) is 52.3 Å². The molecule has 0 bridgehead atoms. The molecule has 2 rings (SSSR count). The summed E-state index contributed by atoms with van der Waals surface area (Å²) in [6.45, 7) is -3.13. The summed E-state index contributed by atoms with van der Waals surface area (Å²) in [6.07, 6.45) is 0. The van der Waals surface area contributed by atoms with Crippen LogP contribution in [0.1, 0.15) is 0 Å². The zero-order valence-corrected chi connectivity index (χ0v) is 10.9. The van der Waals surface area contributed by atoms with E-state index in [0.717, 1.165) is 6.07 Å². The summed E-state index contributed by atoms with van der Waals surface area (Å²) in [6, 6.07) is 8.33. The Morgan fingerprint density at radius 2 is 1.74 bits per heavy atom. The lowest BCUT2D eigenvalue weighted by Crippen LogP contribution is -2.05. The van der Waals surface area contributed by atoms with Gasteiger partial charge >= 0.3 is 6.61 Å². The average molecular weight is 307 g/mol. The summed E-state index contributed by atoms with van der Waals surface area (Å²) in [4.78, 5) is 0. The first-order valence-corrected chi connectivity index (χ1v) is 5.93. The highest BCUT2D eigenvalue weighted by atomic mass is 35.5. The Kier molecular flexibility index (Phi) is 4.22. The molecular formula is C13H7Cl2F3O. The molecule has 0 saturated carbocycles. The van der Waals surface area contributed by atoms with Gasteiger partial charge in [-0.25, -0.2) is 4.39 Å². The highest BCUT2D eigenvalue weighted by molar-refractivity contribution is 6.35. The molecule has 0 spiro atoms. The minimum Gasteiger partial charge on any atom is -0.431 e. The summed E-state index contributed by atoms with van der Waals surface area (Å²) < 4.78 is 42.5. The molecular weight excluding hydrogens is 300 g/mol. The maximum atomic E-state index is 13.6. The topological polar surface area (TPSA) is 9.23 Å². The van der Waals surface area contributed by atoms with E-state index in [4.69, 9.17) is 23.2 Å². The molecule has 0 radical (unpaired) electrons. The Morgan fingerprint density at radius 3 is 2.42 bits per heavy atom. The van der Waals surface area contributed by atoms with Crippen molar-refractivity contribution in [2.75, 3.05) is 0 Å². The Hall–Kier alpha value is -1.39. The quantitative estimate of drug-likeness (QED) is 0.737. The van der Waals surface area contributed by atoms with E-state index in [2.05, 4.69) is 4.74 Å². The highest BCUT2D eigenvalue weighted by Crippen LogP contribution is 2.38. The van der Waals surface area contributed by atoms with Crippen molar-refractivity contribution in [2.45, 2.75) is 6.61 Å². The number of halogens is 5. The van der Waals surface area contributed by atoms with E-state index in [1.165, 1.54) is 24.3 Å². The fourth-order valence-corrected chi connectivity index (χ4v) is 2.03. The molecule has 0 unspecified atom stereocenters. The number of benzene rings is 2. The molecule has 0 amide bonds. The number of rotatable bonds is 3. The van der Waals surface area contributed by atoms with Crippen LogP contribution in [0.3, 0.4) is 0 Å². The molecule has 0 aliphatic carbocycles. The first-order chi connectivity index (χ1) is 8.99. The second-order valence-corrected chi connectivity index (χ2v) is 4.46. The zero-order chi connectivity index (χ0) is 14.0. The largest absolute Gasteiger partial charge is 0.431 e. The van der Waals surface area contributed by atoms with Crippen molar-refractivity contribution in [1.82, 2.24) is 0 Å².